The lowest BCUT2D eigenvalue weighted by Crippen LogP contribution is -2.24. The summed E-state index contributed by atoms with van der Waals surface area (Å²) in [4.78, 5) is 34.7. The van der Waals surface area contributed by atoms with E-state index >= 15 is 0 Å². The third-order valence-corrected chi connectivity index (χ3v) is 5.52. The van der Waals surface area contributed by atoms with Gasteiger partial charge in [-0.3, -0.25) is 18.7 Å². The van der Waals surface area contributed by atoms with Crippen molar-refractivity contribution >= 4 is 33.6 Å². The molecule has 7 heteroatoms. The van der Waals surface area contributed by atoms with Crippen molar-refractivity contribution in [2.45, 2.75) is 17.5 Å². The van der Waals surface area contributed by atoms with Gasteiger partial charge in [-0.1, -0.05) is 42.1 Å². The number of thioether (sulfide) groups is 1. The van der Waals surface area contributed by atoms with E-state index in [-0.39, 0.29) is 11.1 Å². The summed E-state index contributed by atoms with van der Waals surface area (Å²) in [5.74, 6) is 1.04. The molecule has 4 rings (SSSR count). The van der Waals surface area contributed by atoms with E-state index < -0.39 is 0 Å². The van der Waals surface area contributed by atoms with Crippen molar-refractivity contribution in [2.24, 2.45) is 7.05 Å². The molecule has 0 bridgehead atoms. The molecule has 28 heavy (non-hydrogen) atoms. The van der Waals surface area contributed by atoms with Crippen molar-refractivity contribution in [3.05, 3.63) is 87.7 Å². The standard InChI is InChI=1S/C21H18N4O2S/c1-3-12-25-20(27)15-9-5-7-11-17(15)23-21(25)28-13-18-22-16-10-6-4-8-14(16)19(26)24(18)2/h3-11H,1,12-13H2,2H3. The van der Waals surface area contributed by atoms with E-state index in [1.165, 1.54) is 11.8 Å². The molecule has 0 spiro atoms. The van der Waals surface area contributed by atoms with Crippen LogP contribution in [0.5, 0.6) is 0 Å². The molecule has 4 aromatic rings. The Labute approximate surface area is 165 Å². The monoisotopic (exact) mass is 390 g/mol. The van der Waals surface area contributed by atoms with Crippen LogP contribution in [0.15, 0.2) is 75.9 Å². The Morgan fingerprint density at radius 2 is 1.57 bits per heavy atom. The van der Waals surface area contributed by atoms with Gasteiger partial charge in [-0.15, -0.1) is 6.58 Å². The van der Waals surface area contributed by atoms with E-state index in [0.29, 0.717) is 45.1 Å². The number of nitrogens with zero attached hydrogens (tertiary/aromatic N) is 4. The second-order valence-electron chi connectivity index (χ2n) is 6.31. The summed E-state index contributed by atoms with van der Waals surface area (Å²) in [6, 6.07) is 14.6. The lowest BCUT2D eigenvalue weighted by Gasteiger charge is -2.12. The molecule has 0 unspecified atom stereocenters. The Bertz CT molecular complexity index is 1320. The van der Waals surface area contributed by atoms with Crippen molar-refractivity contribution in [3.8, 4) is 0 Å². The molecular formula is C21H18N4O2S. The van der Waals surface area contributed by atoms with Crippen molar-refractivity contribution in [2.75, 3.05) is 0 Å². The molecule has 0 N–H and O–H groups in total. The second-order valence-corrected chi connectivity index (χ2v) is 7.26. The maximum Gasteiger partial charge on any atom is 0.262 e. The summed E-state index contributed by atoms with van der Waals surface area (Å²) >= 11 is 1.38. The van der Waals surface area contributed by atoms with Crippen LogP contribution in [0, 0.1) is 0 Å². The first kappa shape index (κ1) is 18.2. The van der Waals surface area contributed by atoms with Crippen molar-refractivity contribution < 1.29 is 0 Å². The van der Waals surface area contributed by atoms with Crippen LogP contribution in [-0.2, 0) is 19.3 Å². The molecule has 2 heterocycles. The third-order valence-electron chi connectivity index (χ3n) is 4.54. The fourth-order valence-electron chi connectivity index (χ4n) is 3.07. The molecule has 0 atom stereocenters. The number of aromatic nitrogens is 4. The summed E-state index contributed by atoms with van der Waals surface area (Å²) in [5.41, 5.74) is 1.12. The third kappa shape index (κ3) is 3.14. The number of hydrogen-bond donors (Lipinski definition) is 0. The minimum absolute atomic E-state index is 0.0869. The van der Waals surface area contributed by atoms with Crippen molar-refractivity contribution in [3.63, 3.8) is 0 Å². The Morgan fingerprint density at radius 3 is 2.25 bits per heavy atom. The Hall–Kier alpha value is -3.19. The molecule has 140 valence electrons. The second kappa shape index (κ2) is 7.44. The highest BCUT2D eigenvalue weighted by Crippen LogP contribution is 2.22. The normalized spacial score (nSPS) is 11.2. The number of allylic oxidation sites excluding steroid dienone is 1. The van der Waals surface area contributed by atoms with E-state index in [1.807, 2.05) is 36.4 Å². The lowest BCUT2D eigenvalue weighted by molar-refractivity contribution is 0.670. The fraction of sp³-hybridized carbons (Fsp3) is 0.143. The van der Waals surface area contributed by atoms with Gasteiger partial charge in [-0.2, -0.15) is 0 Å². The Balaban J connectivity index is 1.77. The van der Waals surface area contributed by atoms with Crippen LogP contribution in [0.3, 0.4) is 0 Å². The van der Waals surface area contributed by atoms with E-state index in [0.717, 1.165) is 0 Å². The molecule has 2 aromatic carbocycles. The number of fused-ring (bicyclic) bond motifs is 2. The molecule has 2 aromatic heterocycles. The van der Waals surface area contributed by atoms with Gasteiger partial charge in [-0.05, 0) is 24.3 Å². The zero-order valence-corrected chi connectivity index (χ0v) is 16.1. The summed E-state index contributed by atoms with van der Waals surface area (Å²) in [6.45, 7) is 4.11. The quantitative estimate of drug-likeness (QED) is 0.297. The SMILES string of the molecule is C=CCn1c(SCc2nc3ccccc3c(=O)n2C)nc2ccccc2c1=O. The fourth-order valence-corrected chi connectivity index (χ4v) is 4.06. The molecule has 0 radical (unpaired) electrons. The van der Waals surface area contributed by atoms with Crippen LogP contribution in [-0.4, -0.2) is 19.1 Å². The van der Waals surface area contributed by atoms with Gasteiger partial charge < -0.3 is 0 Å². The first-order valence-electron chi connectivity index (χ1n) is 8.78. The maximum atomic E-state index is 12.8. The Kier molecular flexibility index (Phi) is 4.83. The van der Waals surface area contributed by atoms with E-state index in [4.69, 9.17) is 0 Å². The first-order valence-corrected chi connectivity index (χ1v) is 9.76. The highest BCUT2D eigenvalue weighted by Gasteiger charge is 2.13. The highest BCUT2D eigenvalue weighted by molar-refractivity contribution is 7.98. The molecule has 0 saturated heterocycles. The Morgan fingerprint density at radius 1 is 0.964 bits per heavy atom. The average Bonchev–Trinajstić information content (AvgIpc) is 2.72. The van der Waals surface area contributed by atoms with Gasteiger partial charge in [0.2, 0.25) is 0 Å². The zero-order chi connectivity index (χ0) is 19.7. The van der Waals surface area contributed by atoms with Gasteiger partial charge in [0.05, 0.1) is 27.6 Å². The van der Waals surface area contributed by atoms with Crippen LogP contribution in [0.4, 0.5) is 0 Å². The minimum Gasteiger partial charge on any atom is -0.299 e. The molecule has 0 fully saturated rings. The largest absolute Gasteiger partial charge is 0.299 e. The number of hydrogen-bond acceptors (Lipinski definition) is 5. The average molecular weight is 390 g/mol. The topological polar surface area (TPSA) is 69.8 Å². The molecule has 6 nitrogen and oxygen atoms in total. The smallest absolute Gasteiger partial charge is 0.262 e. The summed E-state index contributed by atoms with van der Waals surface area (Å²) < 4.78 is 3.14. The molecular weight excluding hydrogens is 372 g/mol. The van der Waals surface area contributed by atoms with Gasteiger partial charge in [0.15, 0.2) is 5.16 Å². The van der Waals surface area contributed by atoms with E-state index in [1.54, 1.807) is 34.4 Å². The van der Waals surface area contributed by atoms with Gasteiger partial charge in [-0.25, -0.2) is 9.97 Å². The summed E-state index contributed by atoms with van der Waals surface area (Å²) in [5, 5.41) is 1.74. The van der Waals surface area contributed by atoms with Crippen molar-refractivity contribution in [1.82, 2.24) is 19.1 Å². The summed E-state index contributed by atoms with van der Waals surface area (Å²) in [7, 11) is 1.71. The number of rotatable bonds is 5. The van der Waals surface area contributed by atoms with Crippen LogP contribution < -0.4 is 11.1 Å². The van der Waals surface area contributed by atoms with Gasteiger partial charge in [0.1, 0.15) is 5.82 Å². The van der Waals surface area contributed by atoms with Crippen LogP contribution >= 0.6 is 11.8 Å². The number of benzene rings is 2. The van der Waals surface area contributed by atoms with Gasteiger partial charge >= 0.3 is 0 Å². The molecule has 0 saturated carbocycles. The first-order chi connectivity index (χ1) is 13.6. The van der Waals surface area contributed by atoms with Crippen LogP contribution in [0.1, 0.15) is 5.82 Å². The van der Waals surface area contributed by atoms with Crippen LogP contribution in [0.25, 0.3) is 21.8 Å². The zero-order valence-electron chi connectivity index (χ0n) is 15.3. The van der Waals surface area contributed by atoms with Crippen molar-refractivity contribution in [1.29, 1.82) is 0 Å². The lowest BCUT2D eigenvalue weighted by atomic mass is 10.2. The molecule has 0 aliphatic carbocycles. The number of para-hydroxylation sites is 2. The summed E-state index contributed by atoms with van der Waals surface area (Å²) in [6.07, 6.45) is 1.67. The van der Waals surface area contributed by atoms with Gasteiger partial charge in [0.25, 0.3) is 11.1 Å². The molecule has 0 aliphatic rings. The highest BCUT2D eigenvalue weighted by atomic mass is 32.2. The van der Waals surface area contributed by atoms with Gasteiger partial charge in [0, 0.05) is 13.6 Å². The van der Waals surface area contributed by atoms with Crippen LogP contribution in [0.2, 0.25) is 0 Å². The predicted molar refractivity (Wildman–Crippen MR) is 113 cm³/mol. The molecule has 0 aliphatic heterocycles. The maximum absolute atomic E-state index is 12.8. The predicted octanol–water partition coefficient (Wildman–Crippen LogP) is 3.12. The van der Waals surface area contributed by atoms with E-state index in [9.17, 15) is 9.59 Å². The minimum atomic E-state index is -0.103. The van der Waals surface area contributed by atoms with E-state index in [2.05, 4.69) is 16.5 Å². The molecule has 0 amide bonds.